The molecule has 1 atom stereocenters. The van der Waals surface area contributed by atoms with Gasteiger partial charge in [-0.15, -0.1) is 0 Å². The first-order chi connectivity index (χ1) is 26.2. The van der Waals surface area contributed by atoms with Gasteiger partial charge in [0.15, 0.2) is 5.78 Å². The van der Waals surface area contributed by atoms with Crippen molar-refractivity contribution in [2.24, 2.45) is 5.92 Å². The summed E-state index contributed by atoms with van der Waals surface area (Å²) >= 11 is 0. The number of aliphatic hydroxyl groups excluding tert-OH is 1. The molecular formula is C44H50N4O6. The lowest BCUT2D eigenvalue weighted by Gasteiger charge is -2.22. The van der Waals surface area contributed by atoms with Crippen LogP contribution in [0.2, 0.25) is 0 Å². The summed E-state index contributed by atoms with van der Waals surface area (Å²) in [6.45, 7) is 5.46. The zero-order valence-electron chi connectivity index (χ0n) is 31.2. The van der Waals surface area contributed by atoms with Gasteiger partial charge in [0.2, 0.25) is 0 Å². The topological polar surface area (TPSA) is 151 Å². The normalized spacial score (nSPS) is 16.6. The summed E-state index contributed by atoms with van der Waals surface area (Å²) in [6.07, 6.45) is 12.4. The number of carbonyl (C=O) groups excluding carboxylic acids is 2. The third-order valence-electron chi connectivity index (χ3n) is 11.4. The van der Waals surface area contributed by atoms with Gasteiger partial charge in [-0.2, -0.15) is 0 Å². The van der Waals surface area contributed by atoms with E-state index >= 15 is 0 Å². The van der Waals surface area contributed by atoms with E-state index in [9.17, 15) is 24.6 Å². The summed E-state index contributed by atoms with van der Waals surface area (Å²) in [5.74, 6) is 0.0806. The van der Waals surface area contributed by atoms with Crippen LogP contribution < -0.4 is 10.6 Å². The van der Waals surface area contributed by atoms with E-state index in [0.29, 0.717) is 29.1 Å². The SMILES string of the molecule is Cc1c(CC(=O)c2cc(C3CC3)c(CN[C@H](CO)C(=O)O)cn2)cccc1-c1cccc(NC(=O)c2cc(C3CC3)c(CCC3CCOCC3)cn2)c1C. The second-order valence-corrected chi connectivity index (χ2v) is 15.3. The molecule has 10 nitrogen and oxygen atoms in total. The van der Waals surface area contributed by atoms with E-state index in [1.54, 1.807) is 6.20 Å². The molecule has 54 heavy (non-hydrogen) atoms. The molecule has 10 heteroatoms. The van der Waals surface area contributed by atoms with Gasteiger partial charge >= 0.3 is 5.97 Å². The number of anilines is 1. The number of pyridine rings is 2. The third kappa shape index (κ3) is 8.78. The summed E-state index contributed by atoms with van der Waals surface area (Å²) in [5.41, 5.74) is 10.7. The highest BCUT2D eigenvalue weighted by atomic mass is 16.5. The molecule has 1 amide bonds. The predicted molar refractivity (Wildman–Crippen MR) is 207 cm³/mol. The fourth-order valence-electron chi connectivity index (χ4n) is 7.72. The minimum absolute atomic E-state index is 0.0964. The Hall–Kier alpha value is -4.77. The summed E-state index contributed by atoms with van der Waals surface area (Å²) in [4.78, 5) is 47.8. The largest absolute Gasteiger partial charge is 0.480 e. The number of ether oxygens (including phenoxy) is 1. The number of aryl methyl sites for hydroxylation is 1. The lowest BCUT2D eigenvalue weighted by Crippen LogP contribution is -2.39. The molecule has 2 aliphatic carbocycles. The van der Waals surface area contributed by atoms with Crippen LogP contribution in [0.5, 0.6) is 0 Å². The van der Waals surface area contributed by atoms with E-state index in [2.05, 4.69) is 20.6 Å². The molecule has 0 bridgehead atoms. The van der Waals surface area contributed by atoms with E-state index in [-0.39, 0.29) is 24.7 Å². The fourth-order valence-corrected chi connectivity index (χ4v) is 7.72. The Balaban J connectivity index is 1.05. The van der Waals surface area contributed by atoms with E-state index < -0.39 is 18.6 Å². The number of ketones is 1. The predicted octanol–water partition coefficient (Wildman–Crippen LogP) is 7.09. The second kappa shape index (κ2) is 16.7. The van der Waals surface area contributed by atoms with Crippen LogP contribution in [-0.4, -0.2) is 63.7 Å². The van der Waals surface area contributed by atoms with Crippen molar-refractivity contribution in [3.63, 3.8) is 0 Å². The first-order valence-corrected chi connectivity index (χ1v) is 19.4. The Morgan fingerprint density at radius 2 is 1.44 bits per heavy atom. The highest BCUT2D eigenvalue weighted by Crippen LogP contribution is 2.43. The van der Waals surface area contributed by atoms with Crippen LogP contribution in [0.3, 0.4) is 0 Å². The van der Waals surface area contributed by atoms with Crippen LogP contribution in [0.1, 0.15) is 117 Å². The molecule has 3 fully saturated rings. The fraction of sp³-hybridized carbons (Fsp3) is 0.432. The number of aliphatic hydroxyl groups is 1. The Kier molecular flexibility index (Phi) is 11.6. The van der Waals surface area contributed by atoms with Gasteiger partial charge in [-0.05, 0) is 151 Å². The number of hydrogen-bond donors (Lipinski definition) is 4. The van der Waals surface area contributed by atoms with Crippen molar-refractivity contribution >= 4 is 23.3 Å². The molecule has 282 valence electrons. The smallest absolute Gasteiger partial charge is 0.323 e. The van der Waals surface area contributed by atoms with Crippen LogP contribution in [0.15, 0.2) is 60.9 Å². The van der Waals surface area contributed by atoms with Crippen LogP contribution in [0.25, 0.3) is 11.1 Å². The molecule has 1 saturated heterocycles. The lowest BCUT2D eigenvalue weighted by molar-refractivity contribution is -0.140. The molecule has 2 aromatic heterocycles. The third-order valence-corrected chi connectivity index (χ3v) is 11.4. The Morgan fingerprint density at radius 1 is 0.815 bits per heavy atom. The minimum atomic E-state index is -1.12. The average molecular weight is 731 g/mol. The van der Waals surface area contributed by atoms with Gasteiger partial charge < -0.3 is 20.3 Å². The summed E-state index contributed by atoms with van der Waals surface area (Å²) in [7, 11) is 0. The van der Waals surface area contributed by atoms with Gasteiger partial charge in [-0.1, -0.05) is 30.3 Å². The highest BCUT2D eigenvalue weighted by Gasteiger charge is 2.29. The zero-order valence-corrected chi connectivity index (χ0v) is 31.2. The van der Waals surface area contributed by atoms with Gasteiger partial charge in [0.05, 0.1) is 6.61 Å². The van der Waals surface area contributed by atoms with Gasteiger partial charge in [-0.3, -0.25) is 29.7 Å². The van der Waals surface area contributed by atoms with Crippen molar-refractivity contribution in [2.75, 3.05) is 25.1 Å². The van der Waals surface area contributed by atoms with Crippen molar-refractivity contribution in [1.29, 1.82) is 0 Å². The molecule has 0 radical (unpaired) electrons. The van der Waals surface area contributed by atoms with Gasteiger partial charge in [0.1, 0.15) is 17.4 Å². The number of rotatable bonds is 16. The van der Waals surface area contributed by atoms with Crippen LogP contribution >= 0.6 is 0 Å². The molecule has 2 saturated carbocycles. The average Bonchev–Trinajstić information content (AvgIpc) is 4.11. The molecule has 0 unspecified atom stereocenters. The van der Waals surface area contributed by atoms with Crippen LogP contribution in [0.4, 0.5) is 5.69 Å². The van der Waals surface area contributed by atoms with Crippen molar-refractivity contribution in [3.05, 3.63) is 111 Å². The van der Waals surface area contributed by atoms with Crippen molar-refractivity contribution in [2.45, 2.75) is 96.1 Å². The number of aromatic nitrogens is 2. The number of carboxylic acid groups (broad SMARTS) is 1. The number of nitrogens with one attached hydrogen (secondary N) is 2. The molecule has 1 aliphatic heterocycles. The van der Waals surface area contributed by atoms with E-state index in [4.69, 9.17) is 4.74 Å². The molecule has 3 aliphatic rings. The van der Waals surface area contributed by atoms with Crippen molar-refractivity contribution in [1.82, 2.24) is 15.3 Å². The Morgan fingerprint density at radius 3 is 2.13 bits per heavy atom. The number of hydrogen-bond acceptors (Lipinski definition) is 8. The molecule has 4 aromatic rings. The first kappa shape index (κ1) is 37.5. The van der Waals surface area contributed by atoms with Gasteiger partial charge in [-0.25, -0.2) is 0 Å². The zero-order chi connectivity index (χ0) is 37.8. The molecule has 2 aromatic carbocycles. The first-order valence-electron chi connectivity index (χ1n) is 19.4. The lowest BCUT2D eigenvalue weighted by atomic mass is 9.90. The Bertz CT molecular complexity index is 2030. The summed E-state index contributed by atoms with van der Waals surface area (Å²) in [5, 5.41) is 24.7. The van der Waals surface area contributed by atoms with E-state index in [0.717, 1.165) is 109 Å². The monoisotopic (exact) mass is 730 g/mol. The minimum Gasteiger partial charge on any atom is -0.480 e. The molecular weight excluding hydrogens is 681 g/mol. The quantitative estimate of drug-likeness (QED) is 0.0887. The number of nitrogens with zero attached hydrogens (tertiary/aromatic N) is 2. The second-order valence-electron chi connectivity index (χ2n) is 15.3. The highest BCUT2D eigenvalue weighted by molar-refractivity contribution is 6.04. The summed E-state index contributed by atoms with van der Waals surface area (Å²) in [6, 6.07) is 14.7. The standard InChI is InChI=1S/C44H50N4O6/c1-26-31(19-42(50)39-20-37(30-13-14-30)33(23-45-39)24-47-41(25-49)44(52)53)5-3-6-34(26)35-7-4-8-38(27(35)2)48-43(51)40-21-36(29-11-12-29)32(22-46-40)10-9-28-15-17-54-18-16-28/h3-8,20-23,28-30,41,47,49H,9-19,24-25H2,1-2H3,(H,48,51)(H,52,53)/t41-/m1/s1. The Labute approximate surface area is 316 Å². The van der Waals surface area contributed by atoms with Crippen LogP contribution in [0, 0.1) is 19.8 Å². The van der Waals surface area contributed by atoms with Gasteiger partial charge in [0.25, 0.3) is 5.91 Å². The maximum atomic E-state index is 13.7. The maximum Gasteiger partial charge on any atom is 0.323 e. The number of Topliss-reactive ketones (excluding diaryl/α,β-unsaturated/α-hetero) is 1. The number of benzene rings is 2. The van der Waals surface area contributed by atoms with Gasteiger partial charge in [0, 0.05) is 44.3 Å². The molecule has 3 heterocycles. The molecule has 7 rings (SSSR count). The van der Waals surface area contributed by atoms with Crippen molar-refractivity contribution in [3.8, 4) is 11.1 Å². The van der Waals surface area contributed by atoms with E-state index in [1.807, 2.05) is 68.6 Å². The number of carbonyl (C=O) groups is 3. The number of amides is 1. The number of aliphatic carboxylic acids is 1. The maximum absolute atomic E-state index is 13.7. The van der Waals surface area contributed by atoms with Crippen molar-refractivity contribution < 1.29 is 29.3 Å². The molecule has 0 spiro atoms. The summed E-state index contributed by atoms with van der Waals surface area (Å²) < 4.78 is 5.54. The van der Waals surface area contributed by atoms with E-state index in [1.165, 1.54) is 11.1 Å². The number of carboxylic acids is 1. The molecule has 4 N–H and O–H groups in total. The van der Waals surface area contributed by atoms with Crippen LogP contribution in [-0.2, 0) is 28.9 Å².